The molecule has 0 bridgehead atoms. The molecule has 3 nitrogen and oxygen atoms in total. The third kappa shape index (κ3) is 3.24. The molecule has 1 aliphatic carbocycles. The van der Waals surface area contributed by atoms with Gasteiger partial charge in [0.1, 0.15) is 5.75 Å². The molecule has 0 spiro atoms. The van der Waals surface area contributed by atoms with E-state index in [-0.39, 0.29) is 18.2 Å². The SMILES string of the molecule is CC(C)Oc1ccc(C(C)(CO)NC2CC2)cc1. The summed E-state index contributed by atoms with van der Waals surface area (Å²) in [5.74, 6) is 0.875. The van der Waals surface area contributed by atoms with Crippen LogP contribution < -0.4 is 10.1 Å². The van der Waals surface area contributed by atoms with Crippen molar-refractivity contribution in [2.45, 2.75) is 51.3 Å². The number of benzene rings is 1. The minimum Gasteiger partial charge on any atom is -0.491 e. The molecule has 2 N–H and O–H groups in total. The molecule has 1 aromatic carbocycles. The molecule has 1 aliphatic rings. The first kappa shape index (κ1) is 13.4. The summed E-state index contributed by atoms with van der Waals surface area (Å²) in [7, 11) is 0. The predicted octanol–water partition coefficient (Wildman–Crippen LogP) is 2.43. The molecule has 1 fully saturated rings. The summed E-state index contributed by atoms with van der Waals surface area (Å²) in [6.45, 7) is 6.18. The van der Waals surface area contributed by atoms with Crippen LogP contribution in [0.25, 0.3) is 0 Å². The van der Waals surface area contributed by atoms with E-state index in [2.05, 4.69) is 5.32 Å². The average molecular weight is 249 g/mol. The van der Waals surface area contributed by atoms with E-state index in [9.17, 15) is 5.11 Å². The highest BCUT2D eigenvalue weighted by Gasteiger charge is 2.33. The second-order valence-corrected chi connectivity index (χ2v) is 5.60. The lowest BCUT2D eigenvalue weighted by Crippen LogP contribution is -2.44. The van der Waals surface area contributed by atoms with Gasteiger partial charge in [0.15, 0.2) is 0 Å². The number of aliphatic hydroxyl groups excluding tert-OH is 1. The summed E-state index contributed by atoms with van der Waals surface area (Å²) in [5.41, 5.74) is 0.755. The Hall–Kier alpha value is -1.06. The molecule has 2 rings (SSSR count). The number of aliphatic hydroxyl groups is 1. The molecule has 3 heteroatoms. The zero-order valence-corrected chi connectivity index (χ0v) is 11.4. The first-order chi connectivity index (χ1) is 8.53. The van der Waals surface area contributed by atoms with Gasteiger partial charge in [0.2, 0.25) is 0 Å². The monoisotopic (exact) mass is 249 g/mol. The van der Waals surface area contributed by atoms with E-state index >= 15 is 0 Å². The maximum atomic E-state index is 9.64. The molecular weight excluding hydrogens is 226 g/mol. The van der Waals surface area contributed by atoms with Crippen molar-refractivity contribution < 1.29 is 9.84 Å². The summed E-state index contributed by atoms with van der Waals surface area (Å²) in [6, 6.07) is 8.57. The third-order valence-electron chi connectivity index (χ3n) is 3.28. The second kappa shape index (κ2) is 5.29. The first-order valence-electron chi connectivity index (χ1n) is 6.69. The van der Waals surface area contributed by atoms with Crippen LogP contribution in [0.3, 0.4) is 0 Å². The van der Waals surface area contributed by atoms with Gasteiger partial charge in [-0.3, -0.25) is 0 Å². The zero-order chi connectivity index (χ0) is 13.2. The molecule has 0 radical (unpaired) electrons. The third-order valence-corrected chi connectivity index (χ3v) is 3.28. The van der Waals surface area contributed by atoms with Crippen LogP contribution in [-0.4, -0.2) is 23.9 Å². The minimum atomic E-state index is -0.350. The average Bonchev–Trinajstić information content (AvgIpc) is 3.13. The van der Waals surface area contributed by atoms with Crippen LogP contribution in [0.4, 0.5) is 0 Å². The van der Waals surface area contributed by atoms with E-state index in [0.29, 0.717) is 6.04 Å². The van der Waals surface area contributed by atoms with Crippen molar-refractivity contribution in [1.29, 1.82) is 0 Å². The fraction of sp³-hybridized carbons (Fsp3) is 0.600. The van der Waals surface area contributed by atoms with Crippen molar-refractivity contribution >= 4 is 0 Å². The van der Waals surface area contributed by atoms with E-state index < -0.39 is 0 Å². The highest BCUT2D eigenvalue weighted by Crippen LogP contribution is 2.29. The number of ether oxygens (including phenoxy) is 1. The Labute approximate surface area is 109 Å². The van der Waals surface area contributed by atoms with Gasteiger partial charge in [-0.15, -0.1) is 0 Å². The largest absolute Gasteiger partial charge is 0.491 e. The topological polar surface area (TPSA) is 41.5 Å². The van der Waals surface area contributed by atoms with Crippen molar-refractivity contribution in [2.24, 2.45) is 0 Å². The highest BCUT2D eigenvalue weighted by molar-refractivity contribution is 5.32. The maximum absolute atomic E-state index is 9.64. The van der Waals surface area contributed by atoms with Crippen LogP contribution in [0.1, 0.15) is 39.2 Å². The number of nitrogens with one attached hydrogen (secondary N) is 1. The molecule has 1 atom stereocenters. The first-order valence-corrected chi connectivity index (χ1v) is 6.69. The van der Waals surface area contributed by atoms with E-state index in [4.69, 9.17) is 4.74 Å². The van der Waals surface area contributed by atoms with Crippen molar-refractivity contribution in [3.63, 3.8) is 0 Å². The van der Waals surface area contributed by atoms with Crippen LogP contribution in [0, 0.1) is 0 Å². The van der Waals surface area contributed by atoms with Gasteiger partial charge in [0.05, 0.1) is 18.2 Å². The van der Waals surface area contributed by atoms with Gasteiger partial charge in [0, 0.05) is 6.04 Å². The van der Waals surface area contributed by atoms with Gasteiger partial charge in [-0.1, -0.05) is 12.1 Å². The van der Waals surface area contributed by atoms with E-state index in [1.165, 1.54) is 12.8 Å². The molecular formula is C15H23NO2. The number of hydrogen-bond acceptors (Lipinski definition) is 3. The number of hydrogen-bond donors (Lipinski definition) is 2. The van der Waals surface area contributed by atoms with Crippen molar-refractivity contribution in [2.75, 3.05) is 6.61 Å². The molecule has 18 heavy (non-hydrogen) atoms. The predicted molar refractivity (Wildman–Crippen MR) is 72.8 cm³/mol. The van der Waals surface area contributed by atoms with Gasteiger partial charge < -0.3 is 15.2 Å². The zero-order valence-electron chi connectivity index (χ0n) is 11.4. The summed E-state index contributed by atoms with van der Waals surface area (Å²) >= 11 is 0. The van der Waals surface area contributed by atoms with Crippen LogP contribution >= 0.6 is 0 Å². The molecule has 1 unspecified atom stereocenters. The fourth-order valence-corrected chi connectivity index (χ4v) is 2.07. The molecule has 0 aromatic heterocycles. The Morgan fingerprint density at radius 1 is 1.33 bits per heavy atom. The second-order valence-electron chi connectivity index (χ2n) is 5.60. The van der Waals surface area contributed by atoms with Crippen molar-refractivity contribution in [1.82, 2.24) is 5.32 Å². The Kier molecular flexibility index (Phi) is 3.93. The minimum absolute atomic E-state index is 0.105. The molecule has 0 aliphatic heterocycles. The Balaban J connectivity index is 2.10. The van der Waals surface area contributed by atoms with Gasteiger partial charge in [-0.25, -0.2) is 0 Å². The Morgan fingerprint density at radius 3 is 2.39 bits per heavy atom. The normalized spacial score (nSPS) is 18.7. The summed E-state index contributed by atoms with van der Waals surface area (Å²) in [5, 5.41) is 13.1. The lowest BCUT2D eigenvalue weighted by Gasteiger charge is -2.29. The standard InChI is InChI=1S/C15H23NO2/c1-11(2)18-14-8-4-12(5-9-14)15(3,10-17)16-13-6-7-13/h4-5,8-9,11,13,16-17H,6-7,10H2,1-3H3. The summed E-state index contributed by atoms with van der Waals surface area (Å²) < 4.78 is 5.63. The lowest BCUT2D eigenvalue weighted by atomic mass is 9.92. The van der Waals surface area contributed by atoms with Gasteiger partial charge in [-0.05, 0) is 51.3 Å². The van der Waals surface area contributed by atoms with Crippen LogP contribution in [-0.2, 0) is 5.54 Å². The Bertz CT molecular complexity index is 384. The quantitative estimate of drug-likeness (QED) is 0.813. The van der Waals surface area contributed by atoms with E-state index in [1.54, 1.807) is 0 Å². The van der Waals surface area contributed by atoms with Crippen LogP contribution in [0.2, 0.25) is 0 Å². The van der Waals surface area contributed by atoms with E-state index in [0.717, 1.165) is 11.3 Å². The van der Waals surface area contributed by atoms with Gasteiger partial charge in [-0.2, -0.15) is 0 Å². The van der Waals surface area contributed by atoms with Gasteiger partial charge >= 0.3 is 0 Å². The lowest BCUT2D eigenvalue weighted by molar-refractivity contribution is 0.173. The Morgan fingerprint density at radius 2 is 1.94 bits per heavy atom. The fourth-order valence-electron chi connectivity index (χ4n) is 2.07. The van der Waals surface area contributed by atoms with Gasteiger partial charge in [0.25, 0.3) is 0 Å². The van der Waals surface area contributed by atoms with Crippen LogP contribution in [0.15, 0.2) is 24.3 Å². The highest BCUT2D eigenvalue weighted by atomic mass is 16.5. The molecule has 1 aromatic rings. The maximum Gasteiger partial charge on any atom is 0.119 e. The van der Waals surface area contributed by atoms with Crippen molar-refractivity contribution in [3.05, 3.63) is 29.8 Å². The summed E-state index contributed by atoms with van der Waals surface area (Å²) in [4.78, 5) is 0. The smallest absolute Gasteiger partial charge is 0.119 e. The van der Waals surface area contributed by atoms with E-state index in [1.807, 2.05) is 45.0 Å². The molecule has 0 amide bonds. The molecule has 0 saturated heterocycles. The van der Waals surface area contributed by atoms with Crippen molar-refractivity contribution in [3.8, 4) is 5.75 Å². The molecule has 1 saturated carbocycles. The number of rotatable bonds is 6. The van der Waals surface area contributed by atoms with Crippen LogP contribution in [0.5, 0.6) is 5.75 Å². The molecule has 100 valence electrons. The molecule has 0 heterocycles. The summed E-state index contributed by atoms with van der Waals surface area (Å²) in [6.07, 6.45) is 2.61.